The van der Waals surface area contributed by atoms with E-state index in [4.69, 9.17) is 5.73 Å². The molecule has 0 spiro atoms. The van der Waals surface area contributed by atoms with Crippen LogP contribution in [0.2, 0.25) is 0 Å². The number of hydrogen-bond donors (Lipinski definition) is 2. The summed E-state index contributed by atoms with van der Waals surface area (Å²) in [4.78, 5) is 21.4. The number of halogens is 2. The number of aromatic amines is 1. The first-order valence-electron chi connectivity index (χ1n) is 8.50. The van der Waals surface area contributed by atoms with E-state index in [9.17, 15) is 13.6 Å². The predicted octanol–water partition coefficient (Wildman–Crippen LogP) is 3.44. The van der Waals surface area contributed by atoms with E-state index in [1.165, 1.54) is 18.3 Å². The third-order valence-electron chi connectivity index (χ3n) is 5.01. The molecule has 3 aromatic rings. The van der Waals surface area contributed by atoms with Crippen molar-refractivity contribution in [2.24, 2.45) is 0 Å². The monoisotopic (exact) mass is 356 g/mol. The van der Waals surface area contributed by atoms with Gasteiger partial charge < -0.3 is 15.6 Å². The number of H-pyrrole nitrogens is 1. The molecule has 1 aliphatic heterocycles. The molecule has 1 aromatic carbocycles. The summed E-state index contributed by atoms with van der Waals surface area (Å²) in [6.07, 6.45) is 4.28. The van der Waals surface area contributed by atoms with Crippen molar-refractivity contribution in [2.45, 2.75) is 18.8 Å². The fourth-order valence-corrected chi connectivity index (χ4v) is 3.69. The number of hydrogen-bond acceptors (Lipinski definition) is 3. The number of benzene rings is 1. The molecule has 1 aliphatic rings. The van der Waals surface area contributed by atoms with Crippen molar-refractivity contribution in [3.63, 3.8) is 0 Å². The van der Waals surface area contributed by atoms with Gasteiger partial charge in [0, 0.05) is 35.9 Å². The van der Waals surface area contributed by atoms with E-state index in [1.807, 2.05) is 6.07 Å². The van der Waals surface area contributed by atoms with E-state index >= 15 is 0 Å². The Kier molecular flexibility index (Phi) is 4.06. The third kappa shape index (κ3) is 2.79. The van der Waals surface area contributed by atoms with Gasteiger partial charge in [-0.1, -0.05) is 0 Å². The maximum absolute atomic E-state index is 14.4. The molecule has 1 amide bonds. The molecule has 0 atom stereocenters. The molecular weight excluding hydrogens is 338 g/mol. The van der Waals surface area contributed by atoms with Crippen molar-refractivity contribution >= 4 is 22.6 Å². The summed E-state index contributed by atoms with van der Waals surface area (Å²) in [6, 6.07) is 5.61. The van der Waals surface area contributed by atoms with E-state index in [2.05, 4.69) is 9.97 Å². The highest BCUT2D eigenvalue weighted by Gasteiger charge is 2.28. The Morgan fingerprint density at radius 3 is 2.73 bits per heavy atom. The van der Waals surface area contributed by atoms with Gasteiger partial charge >= 0.3 is 0 Å². The maximum atomic E-state index is 14.4. The minimum absolute atomic E-state index is 0.0194. The van der Waals surface area contributed by atoms with Crippen LogP contribution in [0.25, 0.3) is 11.0 Å². The van der Waals surface area contributed by atoms with Crippen LogP contribution < -0.4 is 5.73 Å². The molecule has 1 saturated heterocycles. The van der Waals surface area contributed by atoms with Crippen molar-refractivity contribution in [3.8, 4) is 0 Å². The first kappa shape index (κ1) is 16.5. The van der Waals surface area contributed by atoms with Gasteiger partial charge in [-0.05, 0) is 43.0 Å². The highest BCUT2D eigenvalue weighted by Crippen LogP contribution is 2.34. The number of carbonyl (C=O) groups is 1. The topological polar surface area (TPSA) is 75.0 Å². The molecule has 3 heterocycles. The summed E-state index contributed by atoms with van der Waals surface area (Å²) in [5.74, 6) is -0.986. The number of nitrogens with zero attached hydrogens (tertiary/aromatic N) is 2. The number of carbonyl (C=O) groups excluding carboxylic acids is 1. The lowest BCUT2D eigenvalue weighted by Gasteiger charge is -2.32. The van der Waals surface area contributed by atoms with Gasteiger partial charge in [0.25, 0.3) is 5.91 Å². The Hall–Kier alpha value is -2.96. The maximum Gasteiger partial charge on any atom is 0.255 e. The predicted molar refractivity (Wildman–Crippen MR) is 94.7 cm³/mol. The van der Waals surface area contributed by atoms with Crippen LogP contribution >= 0.6 is 0 Å². The molecule has 3 N–H and O–H groups in total. The summed E-state index contributed by atoms with van der Waals surface area (Å²) in [5, 5.41) is 0.789. The lowest BCUT2D eigenvalue weighted by molar-refractivity contribution is 0.0713. The molecule has 7 heteroatoms. The zero-order valence-corrected chi connectivity index (χ0v) is 14.0. The van der Waals surface area contributed by atoms with Crippen molar-refractivity contribution in [1.82, 2.24) is 14.9 Å². The number of pyridine rings is 1. The number of piperidine rings is 1. The highest BCUT2D eigenvalue weighted by molar-refractivity contribution is 5.99. The molecule has 134 valence electrons. The first-order valence-corrected chi connectivity index (χ1v) is 8.50. The van der Waals surface area contributed by atoms with Crippen molar-refractivity contribution in [1.29, 1.82) is 0 Å². The van der Waals surface area contributed by atoms with Crippen LogP contribution in [0.1, 0.15) is 34.7 Å². The summed E-state index contributed by atoms with van der Waals surface area (Å²) >= 11 is 0. The Morgan fingerprint density at radius 1 is 1.23 bits per heavy atom. The molecule has 0 radical (unpaired) electrons. The van der Waals surface area contributed by atoms with Crippen LogP contribution in [0.4, 0.5) is 14.5 Å². The van der Waals surface area contributed by atoms with Gasteiger partial charge in [-0.15, -0.1) is 0 Å². The van der Waals surface area contributed by atoms with Crippen LogP contribution in [0.5, 0.6) is 0 Å². The van der Waals surface area contributed by atoms with Gasteiger partial charge in [-0.3, -0.25) is 4.79 Å². The van der Waals surface area contributed by atoms with Crippen LogP contribution in [0, 0.1) is 11.6 Å². The number of aromatic nitrogens is 2. The first-order chi connectivity index (χ1) is 12.5. The zero-order valence-electron chi connectivity index (χ0n) is 14.0. The SMILES string of the molecule is Nc1cc(F)ccc1C(=O)N1CCC(c2c(F)cnc3[nH]ccc23)CC1. The van der Waals surface area contributed by atoms with Crippen LogP contribution in [-0.4, -0.2) is 33.9 Å². The Morgan fingerprint density at radius 2 is 2.00 bits per heavy atom. The van der Waals surface area contributed by atoms with Crippen molar-refractivity contribution in [2.75, 3.05) is 18.8 Å². The average molecular weight is 356 g/mol. The van der Waals surface area contributed by atoms with Gasteiger partial charge in [0.1, 0.15) is 17.3 Å². The molecule has 0 bridgehead atoms. The second-order valence-corrected chi connectivity index (χ2v) is 6.56. The number of rotatable bonds is 2. The molecule has 0 aliphatic carbocycles. The Labute approximate surface area is 148 Å². The molecular formula is C19H18F2N4O. The molecule has 0 saturated carbocycles. The minimum Gasteiger partial charge on any atom is -0.398 e. The average Bonchev–Trinajstić information content (AvgIpc) is 3.10. The van der Waals surface area contributed by atoms with E-state index in [-0.39, 0.29) is 23.3 Å². The molecule has 26 heavy (non-hydrogen) atoms. The van der Waals surface area contributed by atoms with E-state index < -0.39 is 5.82 Å². The van der Waals surface area contributed by atoms with E-state index in [1.54, 1.807) is 11.1 Å². The zero-order chi connectivity index (χ0) is 18.3. The van der Waals surface area contributed by atoms with Gasteiger partial charge in [0.15, 0.2) is 0 Å². The number of amides is 1. The van der Waals surface area contributed by atoms with Gasteiger partial charge in [-0.2, -0.15) is 0 Å². The number of fused-ring (bicyclic) bond motifs is 1. The number of anilines is 1. The summed E-state index contributed by atoms with van der Waals surface area (Å²) in [7, 11) is 0. The molecule has 5 nitrogen and oxygen atoms in total. The smallest absolute Gasteiger partial charge is 0.255 e. The fraction of sp³-hybridized carbons (Fsp3) is 0.263. The lowest BCUT2D eigenvalue weighted by atomic mass is 9.87. The van der Waals surface area contributed by atoms with Crippen LogP contribution in [0.3, 0.4) is 0 Å². The van der Waals surface area contributed by atoms with Gasteiger partial charge in [0.05, 0.1) is 11.8 Å². The van der Waals surface area contributed by atoms with Crippen molar-refractivity contribution < 1.29 is 13.6 Å². The lowest BCUT2D eigenvalue weighted by Crippen LogP contribution is -2.38. The van der Waals surface area contributed by atoms with E-state index in [0.29, 0.717) is 42.7 Å². The van der Waals surface area contributed by atoms with Crippen LogP contribution in [0.15, 0.2) is 36.7 Å². The quantitative estimate of drug-likeness (QED) is 0.691. The minimum atomic E-state index is -0.471. The normalized spacial score (nSPS) is 15.5. The number of nitrogens with one attached hydrogen (secondary N) is 1. The summed E-state index contributed by atoms with van der Waals surface area (Å²) in [6.45, 7) is 0.988. The fourth-order valence-electron chi connectivity index (χ4n) is 3.69. The largest absolute Gasteiger partial charge is 0.398 e. The molecule has 2 aromatic heterocycles. The number of nitrogen functional groups attached to an aromatic ring is 1. The van der Waals surface area contributed by atoms with Crippen LogP contribution in [-0.2, 0) is 0 Å². The highest BCUT2D eigenvalue weighted by atomic mass is 19.1. The second kappa shape index (κ2) is 6.40. The van der Waals surface area contributed by atoms with E-state index in [0.717, 1.165) is 11.5 Å². The van der Waals surface area contributed by atoms with Gasteiger partial charge in [-0.25, -0.2) is 13.8 Å². The third-order valence-corrected chi connectivity index (χ3v) is 5.01. The molecule has 1 fully saturated rings. The standard InChI is InChI=1S/C19H18F2N4O/c20-12-1-2-13(16(22)9-12)19(26)25-7-4-11(5-8-25)17-14-3-6-23-18(14)24-10-15(17)21/h1-3,6,9-11H,4-5,7-8,22H2,(H,23,24). The number of nitrogens with two attached hydrogens (primary N) is 1. The Bertz CT molecular complexity index is 977. The van der Waals surface area contributed by atoms with Crippen molar-refractivity contribution in [3.05, 3.63) is 59.4 Å². The summed E-state index contributed by atoms with van der Waals surface area (Å²) in [5.41, 5.74) is 7.52. The second-order valence-electron chi connectivity index (χ2n) is 6.56. The molecule has 4 rings (SSSR count). The van der Waals surface area contributed by atoms with Gasteiger partial charge in [0.2, 0.25) is 0 Å². The number of likely N-dealkylation sites (tertiary alicyclic amines) is 1. The Balaban J connectivity index is 1.53. The molecule has 0 unspecified atom stereocenters. The summed E-state index contributed by atoms with van der Waals surface area (Å²) < 4.78 is 27.6.